The maximum absolute atomic E-state index is 6.18. The van der Waals surface area contributed by atoms with Crippen molar-refractivity contribution in [2.75, 3.05) is 0 Å². The van der Waals surface area contributed by atoms with E-state index in [4.69, 9.17) is 5.73 Å². The molecule has 0 aromatic carbocycles. The molecule has 1 atom stereocenters. The Hall–Kier alpha value is -0.960. The van der Waals surface area contributed by atoms with Gasteiger partial charge < -0.3 is 5.73 Å². The van der Waals surface area contributed by atoms with E-state index in [1.807, 2.05) is 13.8 Å². The summed E-state index contributed by atoms with van der Waals surface area (Å²) < 4.78 is 0. The molecule has 16 heavy (non-hydrogen) atoms. The third kappa shape index (κ3) is 2.59. The lowest BCUT2D eigenvalue weighted by Crippen LogP contribution is -2.29. The largest absolute Gasteiger partial charge is 0.321 e. The predicted molar refractivity (Wildman–Crippen MR) is 67.3 cm³/mol. The molecular formula is C13H23N3. The molecule has 0 spiro atoms. The summed E-state index contributed by atoms with van der Waals surface area (Å²) in [4.78, 5) is 9.07. The van der Waals surface area contributed by atoms with Gasteiger partial charge in [-0.25, -0.2) is 9.97 Å². The highest BCUT2D eigenvalue weighted by atomic mass is 14.9. The van der Waals surface area contributed by atoms with Crippen LogP contribution in [0.5, 0.6) is 0 Å². The summed E-state index contributed by atoms with van der Waals surface area (Å²) in [7, 11) is 0. The van der Waals surface area contributed by atoms with Gasteiger partial charge in [0.05, 0.1) is 6.04 Å². The van der Waals surface area contributed by atoms with Gasteiger partial charge in [0.2, 0.25) is 0 Å². The molecule has 0 bridgehead atoms. The van der Waals surface area contributed by atoms with E-state index in [1.165, 1.54) is 5.56 Å². The Morgan fingerprint density at radius 3 is 1.88 bits per heavy atom. The minimum Gasteiger partial charge on any atom is -0.321 e. The molecule has 2 N–H and O–H groups in total. The average Bonchev–Trinajstić information content (AvgIpc) is 2.14. The van der Waals surface area contributed by atoms with Crippen LogP contribution in [0, 0.1) is 19.3 Å². The van der Waals surface area contributed by atoms with Crippen LogP contribution < -0.4 is 5.73 Å². The molecule has 1 rings (SSSR count). The topological polar surface area (TPSA) is 51.8 Å². The molecule has 0 radical (unpaired) electrons. The van der Waals surface area contributed by atoms with E-state index in [9.17, 15) is 0 Å². The first-order chi connectivity index (χ1) is 7.27. The first kappa shape index (κ1) is 13.1. The summed E-state index contributed by atoms with van der Waals surface area (Å²) in [6.45, 7) is 12.5. The Morgan fingerprint density at radius 2 is 1.56 bits per heavy atom. The molecule has 1 heterocycles. The zero-order valence-electron chi connectivity index (χ0n) is 11.3. The van der Waals surface area contributed by atoms with Crippen molar-refractivity contribution >= 4 is 0 Å². The zero-order valence-corrected chi connectivity index (χ0v) is 11.3. The Balaban J connectivity index is 3.19. The molecule has 0 saturated carbocycles. The Bertz CT molecular complexity index is 354. The van der Waals surface area contributed by atoms with E-state index in [0.717, 1.165) is 23.6 Å². The second-order valence-electron chi connectivity index (χ2n) is 5.43. The fourth-order valence-electron chi connectivity index (χ4n) is 1.80. The van der Waals surface area contributed by atoms with Gasteiger partial charge in [0, 0.05) is 11.4 Å². The number of aryl methyl sites for hydroxylation is 2. The van der Waals surface area contributed by atoms with Crippen molar-refractivity contribution in [1.29, 1.82) is 0 Å². The van der Waals surface area contributed by atoms with Crippen LogP contribution >= 0.6 is 0 Å². The molecule has 0 aliphatic rings. The van der Waals surface area contributed by atoms with Crippen molar-refractivity contribution in [3.63, 3.8) is 0 Å². The van der Waals surface area contributed by atoms with Gasteiger partial charge in [0.15, 0.2) is 0 Å². The first-order valence-corrected chi connectivity index (χ1v) is 5.87. The second kappa shape index (κ2) is 4.50. The molecule has 1 aromatic heterocycles. The first-order valence-electron chi connectivity index (χ1n) is 5.87. The van der Waals surface area contributed by atoms with Crippen LogP contribution in [0.4, 0.5) is 0 Å². The summed E-state index contributed by atoms with van der Waals surface area (Å²) in [5.74, 6) is 0.764. The molecular weight excluding hydrogens is 198 g/mol. The van der Waals surface area contributed by atoms with Crippen LogP contribution in [0.15, 0.2) is 0 Å². The maximum Gasteiger partial charge on any atom is 0.146 e. The van der Waals surface area contributed by atoms with Gasteiger partial charge >= 0.3 is 0 Å². The molecule has 3 heteroatoms. The Labute approximate surface area is 98.5 Å². The van der Waals surface area contributed by atoms with Gasteiger partial charge in [-0.2, -0.15) is 0 Å². The van der Waals surface area contributed by atoms with Crippen molar-refractivity contribution in [3.8, 4) is 0 Å². The van der Waals surface area contributed by atoms with Gasteiger partial charge in [0.25, 0.3) is 0 Å². The summed E-state index contributed by atoms with van der Waals surface area (Å²) in [6, 6.07) is -0.115. The standard InChI is InChI=1S/C13H23N3/c1-7-10-8(2)15-12(16-9(10)3)11(14)13(4,5)6/h11H,7,14H2,1-6H3. The van der Waals surface area contributed by atoms with Crippen LogP contribution in [0.25, 0.3) is 0 Å². The van der Waals surface area contributed by atoms with Gasteiger partial charge in [0.1, 0.15) is 5.82 Å². The van der Waals surface area contributed by atoms with Gasteiger partial charge in [-0.05, 0) is 31.2 Å². The van der Waals surface area contributed by atoms with Crippen LogP contribution in [0.3, 0.4) is 0 Å². The summed E-state index contributed by atoms with van der Waals surface area (Å²) in [5.41, 5.74) is 9.53. The molecule has 0 aliphatic heterocycles. The molecule has 0 fully saturated rings. The highest BCUT2D eigenvalue weighted by Gasteiger charge is 2.25. The van der Waals surface area contributed by atoms with Crippen molar-refractivity contribution in [3.05, 3.63) is 22.8 Å². The zero-order chi connectivity index (χ0) is 12.5. The van der Waals surface area contributed by atoms with Crippen LogP contribution in [0.2, 0.25) is 0 Å². The molecule has 1 unspecified atom stereocenters. The minimum atomic E-state index is -0.115. The Morgan fingerprint density at radius 1 is 1.12 bits per heavy atom. The van der Waals surface area contributed by atoms with E-state index >= 15 is 0 Å². The van der Waals surface area contributed by atoms with Gasteiger partial charge in [-0.15, -0.1) is 0 Å². The fourth-order valence-corrected chi connectivity index (χ4v) is 1.80. The SMILES string of the molecule is CCc1c(C)nc(C(N)C(C)(C)C)nc1C. The quantitative estimate of drug-likeness (QED) is 0.835. The second-order valence-corrected chi connectivity index (χ2v) is 5.43. The summed E-state index contributed by atoms with van der Waals surface area (Å²) in [6.07, 6.45) is 0.975. The number of nitrogens with two attached hydrogens (primary N) is 1. The summed E-state index contributed by atoms with van der Waals surface area (Å²) in [5, 5.41) is 0. The van der Waals surface area contributed by atoms with E-state index < -0.39 is 0 Å². The molecule has 0 aliphatic carbocycles. The van der Waals surface area contributed by atoms with Crippen LogP contribution in [-0.2, 0) is 6.42 Å². The van der Waals surface area contributed by atoms with E-state index in [-0.39, 0.29) is 11.5 Å². The molecule has 3 nitrogen and oxygen atoms in total. The highest BCUT2D eigenvalue weighted by molar-refractivity contribution is 5.25. The number of rotatable bonds is 2. The number of hydrogen-bond acceptors (Lipinski definition) is 3. The molecule has 0 saturated heterocycles. The molecule has 1 aromatic rings. The molecule has 0 amide bonds. The smallest absolute Gasteiger partial charge is 0.146 e. The lowest BCUT2D eigenvalue weighted by atomic mass is 9.87. The van der Waals surface area contributed by atoms with Crippen molar-refractivity contribution in [2.45, 2.75) is 54.0 Å². The van der Waals surface area contributed by atoms with E-state index in [2.05, 4.69) is 37.7 Å². The Kier molecular flexibility index (Phi) is 3.68. The lowest BCUT2D eigenvalue weighted by molar-refractivity contribution is 0.314. The van der Waals surface area contributed by atoms with Crippen molar-refractivity contribution < 1.29 is 0 Å². The van der Waals surface area contributed by atoms with Crippen LogP contribution in [0.1, 0.15) is 56.5 Å². The fraction of sp³-hybridized carbons (Fsp3) is 0.692. The third-order valence-corrected chi connectivity index (χ3v) is 3.00. The highest BCUT2D eigenvalue weighted by Crippen LogP contribution is 2.29. The number of hydrogen-bond donors (Lipinski definition) is 1. The number of aromatic nitrogens is 2. The average molecular weight is 221 g/mol. The summed E-state index contributed by atoms with van der Waals surface area (Å²) >= 11 is 0. The van der Waals surface area contributed by atoms with Crippen molar-refractivity contribution in [1.82, 2.24) is 9.97 Å². The lowest BCUT2D eigenvalue weighted by Gasteiger charge is -2.26. The van der Waals surface area contributed by atoms with E-state index in [1.54, 1.807) is 0 Å². The van der Waals surface area contributed by atoms with Gasteiger partial charge in [-0.1, -0.05) is 27.7 Å². The third-order valence-electron chi connectivity index (χ3n) is 3.00. The molecule has 90 valence electrons. The number of nitrogens with zero attached hydrogens (tertiary/aromatic N) is 2. The predicted octanol–water partition coefficient (Wildman–Crippen LogP) is 2.70. The minimum absolute atomic E-state index is 0.00733. The normalized spacial score (nSPS) is 13.9. The van der Waals surface area contributed by atoms with Gasteiger partial charge in [-0.3, -0.25) is 0 Å². The van der Waals surface area contributed by atoms with E-state index in [0.29, 0.717) is 0 Å². The van der Waals surface area contributed by atoms with Crippen molar-refractivity contribution in [2.24, 2.45) is 11.1 Å². The monoisotopic (exact) mass is 221 g/mol. The van der Waals surface area contributed by atoms with Crippen LogP contribution in [-0.4, -0.2) is 9.97 Å². The maximum atomic E-state index is 6.18.